The topological polar surface area (TPSA) is 52.6 Å². The number of carbonyl (C=O) groups excluding carboxylic acids is 2. The van der Waals surface area contributed by atoms with Crippen molar-refractivity contribution in [1.29, 1.82) is 0 Å². The fourth-order valence-corrected chi connectivity index (χ4v) is 1.94. The van der Waals surface area contributed by atoms with Crippen molar-refractivity contribution >= 4 is 11.9 Å². The van der Waals surface area contributed by atoms with Crippen LogP contribution in [0, 0.1) is 12.8 Å². The second-order valence-corrected chi connectivity index (χ2v) is 5.30. The molecule has 0 radical (unpaired) electrons. The SMILES string of the molecule is COC(=O)C(CC(C)C)OC(=O)Cc1cccc(C)c1. The van der Waals surface area contributed by atoms with Gasteiger partial charge in [-0.05, 0) is 24.8 Å². The lowest BCUT2D eigenvalue weighted by Crippen LogP contribution is -2.30. The highest BCUT2D eigenvalue weighted by atomic mass is 16.6. The fraction of sp³-hybridized carbons (Fsp3) is 0.500. The van der Waals surface area contributed by atoms with E-state index in [1.807, 2.05) is 45.0 Å². The van der Waals surface area contributed by atoms with Crippen LogP contribution in [0.4, 0.5) is 0 Å². The quantitative estimate of drug-likeness (QED) is 0.751. The summed E-state index contributed by atoms with van der Waals surface area (Å²) in [5.41, 5.74) is 1.96. The molecule has 0 N–H and O–H groups in total. The molecule has 0 aliphatic heterocycles. The summed E-state index contributed by atoms with van der Waals surface area (Å²) in [6.45, 7) is 5.89. The van der Waals surface area contributed by atoms with Gasteiger partial charge in [0.25, 0.3) is 0 Å². The molecule has 1 aromatic carbocycles. The number of esters is 2. The van der Waals surface area contributed by atoms with Gasteiger partial charge in [-0.25, -0.2) is 4.79 Å². The Morgan fingerprint density at radius 2 is 1.95 bits per heavy atom. The third-order valence-corrected chi connectivity index (χ3v) is 2.85. The van der Waals surface area contributed by atoms with Crippen molar-refractivity contribution in [2.24, 2.45) is 5.92 Å². The van der Waals surface area contributed by atoms with Crippen LogP contribution < -0.4 is 0 Å². The van der Waals surface area contributed by atoms with Gasteiger partial charge in [-0.1, -0.05) is 43.7 Å². The van der Waals surface area contributed by atoms with Crippen molar-refractivity contribution in [3.8, 4) is 0 Å². The molecule has 0 aliphatic carbocycles. The van der Waals surface area contributed by atoms with Crippen LogP contribution in [-0.2, 0) is 25.5 Å². The van der Waals surface area contributed by atoms with Crippen molar-refractivity contribution in [2.75, 3.05) is 7.11 Å². The summed E-state index contributed by atoms with van der Waals surface area (Å²) >= 11 is 0. The minimum atomic E-state index is -0.822. The molecule has 1 unspecified atom stereocenters. The standard InChI is InChI=1S/C16H22O4/c1-11(2)8-14(16(18)19-4)20-15(17)10-13-7-5-6-12(3)9-13/h5-7,9,11,14H,8,10H2,1-4H3. The van der Waals surface area contributed by atoms with E-state index in [1.165, 1.54) is 7.11 Å². The molecule has 1 rings (SSSR count). The fourth-order valence-electron chi connectivity index (χ4n) is 1.94. The smallest absolute Gasteiger partial charge is 0.347 e. The number of ether oxygens (including phenoxy) is 2. The molecule has 1 atom stereocenters. The van der Waals surface area contributed by atoms with Gasteiger partial charge >= 0.3 is 11.9 Å². The van der Waals surface area contributed by atoms with Crippen molar-refractivity contribution < 1.29 is 19.1 Å². The molecule has 0 bridgehead atoms. The first-order valence-electron chi connectivity index (χ1n) is 6.75. The molecule has 0 amide bonds. The summed E-state index contributed by atoms with van der Waals surface area (Å²) in [7, 11) is 1.30. The molecule has 0 fully saturated rings. The third kappa shape index (κ3) is 5.43. The van der Waals surface area contributed by atoms with Crippen LogP contribution in [0.2, 0.25) is 0 Å². The maximum absolute atomic E-state index is 11.9. The second kappa shape index (κ2) is 7.68. The molecule has 0 aliphatic rings. The Bertz CT molecular complexity index is 465. The van der Waals surface area contributed by atoms with Gasteiger partial charge in [0.15, 0.2) is 6.10 Å². The molecule has 4 nitrogen and oxygen atoms in total. The summed E-state index contributed by atoms with van der Waals surface area (Å²) in [6, 6.07) is 7.65. The van der Waals surface area contributed by atoms with Crippen LogP contribution >= 0.6 is 0 Å². The number of aryl methyl sites for hydroxylation is 1. The summed E-state index contributed by atoms with van der Waals surface area (Å²) in [5.74, 6) is -0.672. The van der Waals surface area contributed by atoms with Crippen LogP contribution in [0.5, 0.6) is 0 Å². The van der Waals surface area contributed by atoms with E-state index in [0.29, 0.717) is 6.42 Å². The van der Waals surface area contributed by atoms with E-state index in [0.717, 1.165) is 11.1 Å². The normalized spacial score (nSPS) is 12.1. The lowest BCUT2D eigenvalue weighted by molar-refractivity contribution is -0.166. The molecule has 4 heteroatoms. The minimum absolute atomic E-state index is 0.160. The molecule has 20 heavy (non-hydrogen) atoms. The zero-order valence-electron chi connectivity index (χ0n) is 12.5. The van der Waals surface area contributed by atoms with Crippen LogP contribution in [0.1, 0.15) is 31.4 Å². The Kier molecular flexibility index (Phi) is 6.22. The number of hydrogen-bond donors (Lipinski definition) is 0. The highest BCUT2D eigenvalue weighted by Crippen LogP contribution is 2.12. The predicted molar refractivity (Wildman–Crippen MR) is 76.2 cm³/mol. The van der Waals surface area contributed by atoms with E-state index in [9.17, 15) is 9.59 Å². The molecule has 0 spiro atoms. The van der Waals surface area contributed by atoms with Crippen molar-refractivity contribution in [3.63, 3.8) is 0 Å². The molecular weight excluding hydrogens is 256 g/mol. The Morgan fingerprint density at radius 3 is 2.50 bits per heavy atom. The lowest BCUT2D eigenvalue weighted by atomic mass is 10.1. The highest BCUT2D eigenvalue weighted by Gasteiger charge is 2.24. The number of rotatable bonds is 6. The van der Waals surface area contributed by atoms with Gasteiger partial charge in [-0.3, -0.25) is 4.79 Å². The zero-order chi connectivity index (χ0) is 15.1. The molecule has 1 aromatic rings. The van der Waals surface area contributed by atoms with Crippen molar-refractivity contribution in [3.05, 3.63) is 35.4 Å². The maximum Gasteiger partial charge on any atom is 0.347 e. The first-order chi connectivity index (χ1) is 9.42. The van der Waals surface area contributed by atoms with Crippen molar-refractivity contribution in [1.82, 2.24) is 0 Å². The van der Waals surface area contributed by atoms with Gasteiger partial charge < -0.3 is 9.47 Å². The molecule has 110 valence electrons. The van der Waals surface area contributed by atoms with Crippen LogP contribution in [0.25, 0.3) is 0 Å². The van der Waals surface area contributed by atoms with Crippen LogP contribution in [-0.4, -0.2) is 25.2 Å². The van der Waals surface area contributed by atoms with Crippen LogP contribution in [0.3, 0.4) is 0 Å². The Hall–Kier alpha value is -1.84. The molecule has 0 heterocycles. The summed E-state index contributed by atoms with van der Waals surface area (Å²) in [4.78, 5) is 23.5. The van der Waals surface area contributed by atoms with E-state index in [1.54, 1.807) is 0 Å². The molecular formula is C16H22O4. The monoisotopic (exact) mass is 278 g/mol. The van der Waals surface area contributed by atoms with Crippen molar-refractivity contribution in [2.45, 2.75) is 39.7 Å². The Labute approximate surface area is 120 Å². The highest BCUT2D eigenvalue weighted by molar-refractivity contribution is 5.80. The number of methoxy groups -OCH3 is 1. The average Bonchev–Trinajstić information content (AvgIpc) is 2.36. The summed E-state index contributed by atoms with van der Waals surface area (Å²) in [6.07, 6.45) is -0.197. The molecule has 0 saturated carbocycles. The van der Waals surface area contributed by atoms with E-state index < -0.39 is 18.0 Å². The largest absolute Gasteiger partial charge is 0.466 e. The molecule has 0 aromatic heterocycles. The Morgan fingerprint density at radius 1 is 1.25 bits per heavy atom. The van der Waals surface area contributed by atoms with Gasteiger partial charge in [-0.2, -0.15) is 0 Å². The van der Waals surface area contributed by atoms with E-state index >= 15 is 0 Å². The van der Waals surface area contributed by atoms with Gasteiger partial charge in [0, 0.05) is 0 Å². The number of carbonyl (C=O) groups is 2. The van der Waals surface area contributed by atoms with Gasteiger partial charge in [0.2, 0.25) is 0 Å². The third-order valence-electron chi connectivity index (χ3n) is 2.85. The van der Waals surface area contributed by atoms with E-state index in [2.05, 4.69) is 4.74 Å². The first-order valence-corrected chi connectivity index (χ1v) is 6.75. The summed E-state index contributed by atoms with van der Waals surface area (Å²) < 4.78 is 9.91. The predicted octanol–water partition coefficient (Wildman–Crippen LogP) is 2.67. The minimum Gasteiger partial charge on any atom is -0.466 e. The summed E-state index contributed by atoms with van der Waals surface area (Å²) in [5, 5.41) is 0. The van der Waals surface area contributed by atoms with Gasteiger partial charge in [0.05, 0.1) is 13.5 Å². The number of benzene rings is 1. The average molecular weight is 278 g/mol. The van der Waals surface area contributed by atoms with Gasteiger partial charge in [0.1, 0.15) is 0 Å². The van der Waals surface area contributed by atoms with Gasteiger partial charge in [-0.15, -0.1) is 0 Å². The second-order valence-electron chi connectivity index (χ2n) is 5.30. The molecule has 0 saturated heterocycles. The lowest BCUT2D eigenvalue weighted by Gasteiger charge is -2.17. The van der Waals surface area contributed by atoms with E-state index in [4.69, 9.17) is 4.74 Å². The zero-order valence-corrected chi connectivity index (χ0v) is 12.5. The number of hydrogen-bond acceptors (Lipinski definition) is 4. The Balaban J connectivity index is 2.64. The first kappa shape index (κ1) is 16.2. The van der Waals surface area contributed by atoms with Crippen LogP contribution in [0.15, 0.2) is 24.3 Å². The van der Waals surface area contributed by atoms with E-state index in [-0.39, 0.29) is 12.3 Å². The maximum atomic E-state index is 11.9.